The van der Waals surface area contributed by atoms with Gasteiger partial charge in [-0.3, -0.25) is 4.79 Å². The molecule has 6 heteroatoms. The second-order valence-electron chi connectivity index (χ2n) is 8.58. The minimum absolute atomic E-state index is 0.191. The van der Waals surface area contributed by atoms with Gasteiger partial charge in [-0.25, -0.2) is 9.07 Å². The maximum absolute atomic E-state index is 14.1. The Labute approximate surface area is 170 Å². The number of benzene rings is 2. The maximum atomic E-state index is 14.1. The van der Waals surface area contributed by atoms with Crippen LogP contribution in [0.2, 0.25) is 0 Å². The fraction of sp³-hybridized carbons (Fsp3) is 0.435. The van der Waals surface area contributed by atoms with E-state index in [1.54, 1.807) is 18.2 Å². The molecule has 2 aromatic carbocycles. The minimum Gasteiger partial charge on any atom is -0.351 e. The van der Waals surface area contributed by atoms with Crippen LogP contribution in [0.25, 0.3) is 11.0 Å². The first-order valence-electron chi connectivity index (χ1n) is 10.3. The topological polar surface area (TPSA) is 59.8 Å². The average molecular weight is 394 g/mol. The van der Waals surface area contributed by atoms with E-state index in [0.29, 0.717) is 23.7 Å². The van der Waals surface area contributed by atoms with E-state index in [1.165, 1.54) is 25.3 Å². The van der Waals surface area contributed by atoms with Gasteiger partial charge in [-0.15, -0.1) is 5.10 Å². The molecule has 0 spiro atoms. The summed E-state index contributed by atoms with van der Waals surface area (Å²) in [5.74, 6) is -0.448. The summed E-state index contributed by atoms with van der Waals surface area (Å²) < 4.78 is 16.1. The van der Waals surface area contributed by atoms with E-state index in [-0.39, 0.29) is 11.7 Å². The van der Waals surface area contributed by atoms with Gasteiger partial charge in [-0.1, -0.05) is 56.5 Å². The van der Waals surface area contributed by atoms with Crippen LogP contribution in [0.4, 0.5) is 4.39 Å². The van der Waals surface area contributed by atoms with Crippen molar-refractivity contribution in [1.29, 1.82) is 0 Å². The number of nitrogens with zero attached hydrogens (tertiary/aromatic N) is 3. The van der Waals surface area contributed by atoms with E-state index >= 15 is 0 Å². The Morgan fingerprint density at radius 2 is 1.93 bits per heavy atom. The Balaban J connectivity index is 1.48. The molecule has 1 aromatic heterocycles. The number of rotatable bonds is 5. The highest BCUT2D eigenvalue weighted by Gasteiger charge is 2.25. The van der Waals surface area contributed by atoms with Gasteiger partial charge >= 0.3 is 0 Å². The lowest BCUT2D eigenvalue weighted by molar-refractivity contribution is 0.0945. The third kappa shape index (κ3) is 4.02. The molecule has 1 fully saturated rings. The van der Waals surface area contributed by atoms with Gasteiger partial charge in [-0.2, -0.15) is 0 Å². The van der Waals surface area contributed by atoms with E-state index in [4.69, 9.17) is 0 Å². The lowest BCUT2D eigenvalue weighted by atomic mass is 9.84. The normalized spacial score (nSPS) is 15.6. The number of nitrogens with one attached hydrogen (secondary N) is 1. The quantitative estimate of drug-likeness (QED) is 0.677. The molecule has 5 nitrogen and oxygen atoms in total. The zero-order valence-corrected chi connectivity index (χ0v) is 17.0. The molecule has 1 aliphatic carbocycles. The van der Waals surface area contributed by atoms with Gasteiger partial charge in [0.2, 0.25) is 0 Å². The van der Waals surface area contributed by atoms with E-state index in [1.807, 2.05) is 36.7 Å². The Hall–Kier alpha value is -2.76. The van der Waals surface area contributed by atoms with Crippen molar-refractivity contribution in [3.63, 3.8) is 0 Å². The van der Waals surface area contributed by atoms with Gasteiger partial charge in [0.25, 0.3) is 5.91 Å². The van der Waals surface area contributed by atoms with Crippen molar-refractivity contribution in [2.45, 2.75) is 57.4 Å². The van der Waals surface area contributed by atoms with Crippen molar-refractivity contribution in [3.05, 3.63) is 59.4 Å². The largest absolute Gasteiger partial charge is 0.351 e. The summed E-state index contributed by atoms with van der Waals surface area (Å²) in [7, 11) is 0. The third-order valence-corrected chi connectivity index (χ3v) is 5.95. The summed E-state index contributed by atoms with van der Waals surface area (Å²) in [6.07, 6.45) is 6.00. The monoisotopic (exact) mass is 394 g/mol. The second-order valence-corrected chi connectivity index (χ2v) is 8.58. The van der Waals surface area contributed by atoms with Gasteiger partial charge in [0.05, 0.1) is 11.6 Å². The van der Waals surface area contributed by atoms with Gasteiger partial charge in [0.15, 0.2) is 0 Å². The van der Waals surface area contributed by atoms with E-state index in [2.05, 4.69) is 15.6 Å². The van der Waals surface area contributed by atoms with Gasteiger partial charge in [0, 0.05) is 17.5 Å². The average Bonchev–Trinajstić information content (AvgIpc) is 3.16. The highest BCUT2D eigenvalue weighted by molar-refractivity contribution is 5.97. The minimum atomic E-state index is -0.519. The molecule has 29 heavy (non-hydrogen) atoms. The molecular weight excluding hydrogens is 367 g/mol. The number of aromatic nitrogens is 3. The SMILES string of the molecule is CC(C)(CNC(=O)c1ccc2c(c1)nnn2C1CCCCC1)c1ccccc1F. The van der Waals surface area contributed by atoms with Crippen LogP contribution in [-0.2, 0) is 5.41 Å². The van der Waals surface area contributed by atoms with Crippen molar-refractivity contribution >= 4 is 16.9 Å². The number of carbonyl (C=O) groups is 1. The Morgan fingerprint density at radius 1 is 1.17 bits per heavy atom. The standard InChI is InChI=1S/C23H27FN4O/c1-23(2,18-10-6-7-11-19(18)24)15-25-22(29)16-12-13-21-20(14-16)26-27-28(21)17-8-4-3-5-9-17/h6-7,10-14,17H,3-5,8-9,15H2,1-2H3,(H,25,29). The summed E-state index contributed by atoms with van der Waals surface area (Å²) in [5.41, 5.74) is 2.32. The summed E-state index contributed by atoms with van der Waals surface area (Å²) >= 11 is 0. The van der Waals surface area contributed by atoms with Crippen LogP contribution in [0.5, 0.6) is 0 Å². The molecule has 1 aliphatic rings. The van der Waals surface area contributed by atoms with Gasteiger partial charge in [0.1, 0.15) is 11.3 Å². The lowest BCUT2D eigenvalue weighted by Crippen LogP contribution is -2.37. The van der Waals surface area contributed by atoms with Crippen LogP contribution >= 0.6 is 0 Å². The predicted molar refractivity (Wildman–Crippen MR) is 111 cm³/mol. The van der Waals surface area contributed by atoms with Gasteiger partial charge in [-0.05, 0) is 42.7 Å². The smallest absolute Gasteiger partial charge is 0.251 e. The number of hydrogen-bond acceptors (Lipinski definition) is 3. The molecule has 1 amide bonds. The van der Waals surface area contributed by atoms with E-state index in [0.717, 1.165) is 23.9 Å². The fourth-order valence-corrected chi connectivity index (χ4v) is 4.19. The van der Waals surface area contributed by atoms with Crippen LogP contribution in [-0.4, -0.2) is 27.4 Å². The predicted octanol–water partition coefficient (Wildman–Crippen LogP) is 4.78. The molecule has 152 valence electrons. The summed E-state index contributed by atoms with van der Waals surface area (Å²) in [5, 5.41) is 11.6. The van der Waals surface area contributed by atoms with Crippen molar-refractivity contribution in [3.8, 4) is 0 Å². The highest BCUT2D eigenvalue weighted by Crippen LogP contribution is 2.30. The number of fused-ring (bicyclic) bond motifs is 1. The van der Waals surface area contributed by atoms with E-state index in [9.17, 15) is 9.18 Å². The van der Waals surface area contributed by atoms with Crippen LogP contribution in [0, 0.1) is 5.82 Å². The number of amides is 1. The van der Waals surface area contributed by atoms with E-state index < -0.39 is 5.41 Å². The highest BCUT2D eigenvalue weighted by atomic mass is 19.1. The number of carbonyl (C=O) groups excluding carboxylic acids is 1. The second kappa shape index (κ2) is 7.93. The third-order valence-electron chi connectivity index (χ3n) is 5.95. The van der Waals surface area contributed by atoms with Crippen molar-refractivity contribution in [2.75, 3.05) is 6.54 Å². The van der Waals surface area contributed by atoms with Crippen molar-refractivity contribution < 1.29 is 9.18 Å². The van der Waals surface area contributed by atoms with Crippen molar-refractivity contribution in [2.24, 2.45) is 0 Å². The molecule has 0 saturated heterocycles. The van der Waals surface area contributed by atoms with Crippen LogP contribution in [0.3, 0.4) is 0 Å². The molecule has 1 heterocycles. The first kappa shape index (κ1) is 19.6. The van der Waals surface area contributed by atoms with Crippen molar-refractivity contribution in [1.82, 2.24) is 20.3 Å². The molecule has 3 aromatic rings. The van der Waals surface area contributed by atoms with Crippen LogP contribution < -0.4 is 5.32 Å². The zero-order chi connectivity index (χ0) is 20.4. The molecular formula is C23H27FN4O. The Kier molecular flexibility index (Phi) is 5.35. The Bertz CT molecular complexity index is 1020. The summed E-state index contributed by atoms with van der Waals surface area (Å²) in [4.78, 5) is 12.7. The molecule has 4 rings (SSSR count). The Morgan fingerprint density at radius 3 is 2.69 bits per heavy atom. The lowest BCUT2D eigenvalue weighted by Gasteiger charge is -2.26. The molecule has 1 N–H and O–H groups in total. The molecule has 0 radical (unpaired) electrons. The van der Waals surface area contributed by atoms with Crippen LogP contribution in [0.1, 0.15) is 67.9 Å². The zero-order valence-electron chi connectivity index (χ0n) is 17.0. The summed E-state index contributed by atoms with van der Waals surface area (Å²) in [6, 6.07) is 12.6. The van der Waals surface area contributed by atoms with Crippen LogP contribution in [0.15, 0.2) is 42.5 Å². The molecule has 0 bridgehead atoms. The maximum Gasteiger partial charge on any atom is 0.251 e. The number of hydrogen-bond donors (Lipinski definition) is 1. The number of halogens is 1. The first-order valence-corrected chi connectivity index (χ1v) is 10.3. The fourth-order valence-electron chi connectivity index (χ4n) is 4.19. The molecule has 0 unspecified atom stereocenters. The van der Waals surface area contributed by atoms with Gasteiger partial charge < -0.3 is 5.32 Å². The summed E-state index contributed by atoms with van der Waals surface area (Å²) in [6.45, 7) is 4.18. The molecule has 0 aliphatic heterocycles. The first-order chi connectivity index (χ1) is 14.0. The molecule has 0 atom stereocenters. The molecule has 1 saturated carbocycles.